The molecule has 0 aliphatic heterocycles. The number of carbonyl (C=O) groups excluding carboxylic acids is 1. The number of hydrogen-bond acceptors (Lipinski definition) is 3. The predicted molar refractivity (Wildman–Crippen MR) is 135 cm³/mol. The molecule has 0 unspecified atom stereocenters. The van der Waals surface area contributed by atoms with Crippen molar-refractivity contribution in [3.8, 4) is 23.0 Å². The summed E-state index contributed by atoms with van der Waals surface area (Å²) >= 11 is 0. The molecule has 0 saturated heterocycles. The van der Waals surface area contributed by atoms with Crippen LogP contribution in [0.2, 0.25) is 0 Å². The van der Waals surface area contributed by atoms with Gasteiger partial charge in [0.1, 0.15) is 11.6 Å². The number of anilines is 1. The van der Waals surface area contributed by atoms with Crippen LogP contribution in [0.4, 0.5) is 5.69 Å². The van der Waals surface area contributed by atoms with Gasteiger partial charge in [-0.2, -0.15) is 10.4 Å². The van der Waals surface area contributed by atoms with Gasteiger partial charge in [-0.05, 0) is 41.1 Å². The number of benzene rings is 4. The van der Waals surface area contributed by atoms with Gasteiger partial charge in [0.2, 0.25) is 0 Å². The molecule has 5 heteroatoms. The molecule has 0 saturated carbocycles. The van der Waals surface area contributed by atoms with E-state index in [1.807, 2.05) is 115 Å². The molecule has 162 valence electrons. The largest absolute Gasteiger partial charge is 0.321 e. The fraction of sp³-hybridized carbons (Fsp3) is 0. The third-order valence-electron chi connectivity index (χ3n) is 5.48. The molecule has 1 aromatic heterocycles. The lowest BCUT2D eigenvalue weighted by molar-refractivity contribution is -0.112. The Morgan fingerprint density at radius 2 is 1.53 bits per heavy atom. The maximum Gasteiger partial charge on any atom is 0.266 e. The Balaban J connectivity index is 1.51. The van der Waals surface area contributed by atoms with Gasteiger partial charge in [-0.15, -0.1) is 0 Å². The van der Waals surface area contributed by atoms with E-state index in [0.29, 0.717) is 16.9 Å². The van der Waals surface area contributed by atoms with Gasteiger partial charge in [0, 0.05) is 23.0 Å². The highest BCUT2D eigenvalue weighted by atomic mass is 16.1. The molecule has 0 bridgehead atoms. The van der Waals surface area contributed by atoms with E-state index in [1.165, 1.54) is 0 Å². The number of fused-ring (bicyclic) bond motifs is 1. The first kappa shape index (κ1) is 20.9. The highest BCUT2D eigenvalue weighted by Gasteiger charge is 2.15. The molecule has 0 spiro atoms. The number of rotatable bonds is 5. The van der Waals surface area contributed by atoms with E-state index in [0.717, 1.165) is 22.0 Å². The first-order valence-electron chi connectivity index (χ1n) is 10.8. The standard InChI is InChI=1S/C29H20N4O/c30-19-24(29(34)31-26-16-15-21-9-7-8-12-23(21)18-26)17-25-20-33(27-13-5-2-6-14-27)32-28(25)22-10-3-1-4-11-22/h1-18,20H,(H,31,34)/b24-17+. The van der Waals surface area contributed by atoms with Crippen molar-refractivity contribution in [2.45, 2.75) is 0 Å². The quantitative estimate of drug-likeness (QED) is 0.260. The molecular formula is C29H20N4O. The van der Waals surface area contributed by atoms with Crippen LogP contribution in [0.15, 0.2) is 115 Å². The van der Waals surface area contributed by atoms with E-state index in [9.17, 15) is 10.1 Å². The summed E-state index contributed by atoms with van der Waals surface area (Å²) in [4.78, 5) is 13.0. The summed E-state index contributed by atoms with van der Waals surface area (Å²) in [5.74, 6) is -0.468. The number of amides is 1. The van der Waals surface area contributed by atoms with Crippen LogP contribution in [-0.2, 0) is 4.79 Å². The summed E-state index contributed by atoms with van der Waals surface area (Å²) in [7, 11) is 0. The predicted octanol–water partition coefficient (Wildman–Crippen LogP) is 6.24. The van der Waals surface area contributed by atoms with E-state index in [-0.39, 0.29) is 5.57 Å². The van der Waals surface area contributed by atoms with Crippen LogP contribution in [0.5, 0.6) is 0 Å². The zero-order valence-electron chi connectivity index (χ0n) is 18.2. The summed E-state index contributed by atoms with van der Waals surface area (Å²) in [6.07, 6.45) is 3.42. The molecule has 5 nitrogen and oxygen atoms in total. The van der Waals surface area contributed by atoms with Gasteiger partial charge in [0.05, 0.1) is 11.4 Å². The molecule has 4 aromatic carbocycles. The van der Waals surface area contributed by atoms with Crippen molar-refractivity contribution >= 4 is 28.4 Å². The molecule has 0 aliphatic rings. The smallest absolute Gasteiger partial charge is 0.266 e. The summed E-state index contributed by atoms with van der Waals surface area (Å²) in [5, 5.41) is 19.5. The normalized spacial score (nSPS) is 11.2. The Morgan fingerprint density at radius 1 is 0.853 bits per heavy atom. The topological polar surface area (TPSA) is 70.7 Å². The number of nitriles is 1. The van der Waals surface area contributed by atoms with Crippen LogP contribution in [0.1, 0.15) is 5.56 Å². The lowest BCUT2D eigenvalue weighted by atomic mass is 10.1. The minimum Gasteiger partial charge on any atom is -0.321 e. The van der Waals surface area contributed by atoms with Crippen molar-refractivity contribution in [2.24, 2.45) is 0 Å². The van der Waals surface area contributed by atoms with Gasteiger partial charge in [-0.25, -0.2) is 4.68 Å². The van der Waals surface area contributed by atoms with Crippen LogP contribution in [0.3, 0.4) is 0 Å². The maximum absolute atomic E-state index is 13.0. The van der Waals surface area contributed by atoms with Crippen LogP contribution in [-0.4, -0.2) is 15.7 Å². The summed E-state index contributed by atoms with van der Waals surface area (Å²) in [6.45, 7) is 0. The summed E-state index contributed by atoms with van der Waals surface area (Å²) in [6, 6.07) is 35.1. The highest BCUT2D eigenvalue weighted by molar-refractivity contribution is 6.10. The Morgan fingerprint density at radius 3 is 2.26 bits per heavy atom. The first-order valence-corrected chi connectivity index (χ1v) is 10.8. The molecule has 1 heterocycles. The third-order valence-corrected chi connectivity index (χ3v) is 5.48. The Bertz CT molecular complexity index is 1540. The summed E-state index contributed by atoms with van der Waals surface area (Å²) < 4.78 is 1.75. The molecule has 0 aliphatic carbocycles. The van der Waals surface area contributed by atoms with Gasteiger partial charge < -0.3 is 5.32 Å². The molecule has 0 atom stereocenters. The number of carbonyl (C=O) groups is 1. The molecule has 5 rings (SSSR count). The average Bonchev–Trinajstić information content (AvgIpc) is 3.32. The zero-order valence-corrected chi connectivity index (χ0v) is 18.2. The van der Waals surface area contributed by atoms with E-state index in [1.54, 1.807) is 10.8 Å². The van der Waals surface area contributed by atoms with Crippen LogP contribution in [0.25, 0.3) is 33.8 Å². The first-order chi connectivity index (χ1) is 16.7. The minimum absolute atomic E-state index is 0.00190. The van der Waals surface area contributed by atoms with Crippen molar-refractivity contribution < 1.29 is 4.79 Å². The number of hydrogen-bond donors (Lipinski definition) is 1. The van der Waals surface area contributed by atoms with E-state index in [2.05, 4.69) is 5.32 Å². The molecule has 0 fully saturated rings. The van der Waals surface area contributed by atoms with Gasteiger partial charge in [-0.1, -0.05) is 78.9 Å². The number of aromatic nitrogens is 2. The second kappa shape index (κ2) is 9.27. The maximum atomic E-state index is 13.0. The third kappa shape index (κ3) is 4.34. The average molecular weight is 441 g/mol. The second-order valence-electron chi connectivity index (χ2n) is 7.77. The molecule has 5 aromatic rings. The van der Waals surface area contributed by atoms with Gasteiger partial charge >= 0.3 is 0 Å². The van der Waals surface area contributed by atoms with E-state index < -0.39 is 5.91 Å². The van der Waals surface area contributed by atoms with Crippen LogP contribution >= 0.6 is 0 Å². The highest BCUT2D eigenvalue weighted by Crippen LogP contribution is 2.26. The zero-order chi connectivity index (χ0) is 23.3. The molecule has 34 heavy (non-hydrogen) atoms. The molecular weight excluding hydrogens is 420 g/mol. The van der Waals surface area contributed by atoms with E-state index >= 15 is 0 Å². The van der Waals surface area contributed by atoms with Crippen LogP contribution in [0, 0.1) is 11.3 Å². The monoisotopic (exact) mass is 440 g/mol. The minimum atomic E-state index is -0.468. The van der Waals surface area contributed by atoms with Crippen molar-refractivity contribution in [2.75, 3.05) is 5.32 Å². The van der Waals surface area contributed by atoms with Gasteiger partial charge in [-0.3, -0.25) is 4.79 Å². The van der Waals surface area contributed by atoms with Crippen LogP contribution < -0.4 is 5.32 Å². The lowest BCUT2D eigenvalue weighted by Crippen LogP contribution is -2.13. The molecule has 1 N–H and O–H groups in total. The number of para-hydroxylation sites is 1. The molecule has 1 amide bonds. The number of nitrogens with one attached hydrogen (secondary N) is 1. The van der Waals surface area contributed by atoms with Crippen molar-refractivity contribution in [1.82, 2.24) is 9.78 Å². The van der Waals surface area contributed by atoms with Gasteiger partial charge in [0.25, 0.3) is 5.91 Å². The Labute approximate surface area is 197 Å². The summed E-state index contributed by atoms with van der Waals surface area (Å²) in [5.41, 5.74) is 3.79. The SMILES string of the molecule is N#C/C(=C\c1cn(-c2ccccc2)nc1-c1ccccc1)C(=O)Nc1ccc2ccccc2c1. The lowest BCUT2D eigenvalue weighted by Gasteiger charge is -2.06. The fourth-order valence-corrected chi connectivity index (χ4v) is 3.80. The number of nitrogens with zero attached hydrogens (tertiary/aromatic N) is 3. The second-order valence-corrected chi connectivity index (χ2v) is 7.77. The Hall–Kier alpha value is -4.95. The molecule has 0 radical (unpaired) electrons. The van der Waals surface area contributed by atoms with Gasteiger partial charge in [0.15, 0.2) is 0 Å². The Kier molecular flexibility index (Phi) is 5.71. The van der Waals surface area contributed by atoms with Crippen molar-refractivity contribution in [3.05, 3.63) is 120 Å². The van der Waals surface area contributed by atoms with Crippen molar-refractivity contribution in [3.63, 3.8) is 0 Å². The fourth-order valence-electron chi connectivity index (χ4n) is 3.80. The van der Waals surface area contributed by atoms with E-state index in [4.69, 9.17) is 5.10 Å². The van der Waals surface area contributed by atoms with Crippen molar-refractivity contribution in [1.29, 1.82) is 5.26 Å².